The average molecular weight is 477 g/mol. The topological polar surface area (TPSA) is 119 Å². The van der Waals surface area contributed by atoms with Crippen LogP contribution in [0.3, 0.4) is 0 Å². The maximum atomic E-state index is 13.4. The van der Waals surface area contributed by atoms with Crippen LogP contribution in [0.15, 0.2) is 48.5 Å². The number of aromatic nitrogens is 1. The molecule has 1 heterocycles. The molecular formula is C27H32N4O4. The Hall–Kier alpha value is -3.65. The van der Waals surface area contributed by atoms with Crippen LogP contribution in [-0.4, -0.2) is 42.1 Å². The van der Waals surface area contributed by atoms with Crippen LogP contribution in [-0.2, 0) is 32.5 Å². The van der Waals surface area contributed by atoms with Crippen molar-refractivity contribution in [3.05, 3.63) is 65.4 Å². The lowest BCUT2D eigenvalue weighted by atomic mass is 9.84. The molecule has 8 nitrogen and oxygen atoms in total. The lowest BCUT2D eigenvalue weighted by molar-refractivity contribution is -0.177. The number of aryl methyl sites for hydroxylation is 1. The number of carbonyl (C=O) groups excluding carboxylic acids is 2. The molecule has 1 fully saturated rings. The third-order valence-corrected chi connectivity index (χ3v) is 7.13. The number of benzene rings is 2. The van der Waals surface area contributed by atoms with Crippen LogP contribution in [0.1, 0.15) is 42.5 Å². The number of nitrogens with zero attached hydrogens (tertiary/aromatic N) is 1. The highest BCUT2D eigenvalue weighted by Gasteiger charge is 2.54. The fourth-order valence-corrected chi connectivity index (χ4v) is 5.16. The molecule has 2 aromatic carbocycles. The third kappa shape index (κ3) is 4.53. The van der Waals surface area contributed by atoms with Crippen LogP contribution in [0.5, 0.6) is 0 Å². The van der Waals surface area contributed by atoms with Gasteiger partial charge in [0, 0.05) is 54.3 Å². The summed E-state index contributed by atoms with van der Waals surface area (Å²) in [5, 5.41) is 11.4. The number of fused-ring (bicyclic) bond motifs is 1. The molecule has 1 aliphatic rings. The van der Waals surface area contributed by atoms with Crippen molar-refractivity contribution in [3.63, 3.8) is 0 Å². The van der Waals surface area contributed by atoms with Crippen molar-refractivity contribution < 1.29 is 19.1 Å². The summed E-state index contributed by atoms with van der Waals surface area (Å²) in [7, 11) is 4.68. The minimum absolute atomic E-state index is 0.0494. The van der Waals surface area contributed by atoms with E-state index in [2.05, 4.69) is 16.0 Å². The second kappa shape index (κ2) is 9.92. The quantitative estimate of drug-likeness (QED) is 0.198. The van der Waals surface area contributed by atoms with Crippen LogP contribution in [0.4, 0.5) is 5.69 Å². The summed E-state index contributed by atoms with van der Waals surface area (Å²) >= 11 is 0. The maximum absolute atomic E-state index is 13.4. The molecule has 0 radical (unpaired) electrons. The second-order valence-corrected chi connectivity index (χ2v) is 9.12. The van der Waals surface area contributed by atoms with Gasteiger partial charge < -0.3 is 25.1 Å². The standard InChI is InChI=1S/C27H32N4O4/c1-31-22(14-17-8-10-18(11-9-17)24(28)29)16-19-15-21(12-13-23(19)31)30-25(32)27(35-3,26(33)34-2)20-6-4-5-7-20/h8-13,15-16,20H,4-7,14H2,1-3H3,(H3,28,29)(H,30,32). The molecule has 1 saturated carbocycles. The van der Waals surface area contributed by atoms with E-state index in [1.807, 2.05) is 49.5 Å². The number of anilines is 1. The van der Waals surface area contributed by atoms with E-state index < -0.39 is 17.5 Å². The first-order valence-corrected chi connectivity index (χ1v) is 11.8. The fourth-order valence-electron chi connectivity index (χ4n) is 5.16. The molecule has 35 heavy (non-hydrogen) atoms. The first kappa shape index (κ1) is 24.5. The van der Waals surface area contributed by atoms with E-state index >= 15 is 0 Å². The first-order valence-electron chi connectivity index (χ1n) is 11.8. The Bertz CT molecular complexity index is 1260. The predicted molar refractivity (Wildman–Crippen MR) is 136 cm³/mol. The minimum atomic E-state index is -1.66. The van der Waals surface area contributed by atoms with Gasteiger partial charge >= 0.3 is 5.97 Å². The van der Waals surface area contributed by atoms with E-state index in [4.69, 9.17) is 20.6 Å². The number of nitrogen functional groups attached to an aromatic ring is 1. The monoisotopic (exact) mass is 476 g/mol. The van der Waals surface area contributed by atoms with E-state index in [9.17, 15) is 9.59 Å². The molecule has 0 bridgehead atoms. The molecule has 4 rings (SSSR count). The molecular weight excluding hydrogens is 444 g/mol. The van der Waals surface area contributed by atoms with Crippen LogP contribution in [0, 0.1) is 11.3 Å². The van der Waals surface area contributed by atoms with Crippen molar-refractivity contribution in [2.45, 2.75) is 37.7 Å². The molecule has 8 heteroatoms. The van der Waals surface area contributed by atoms with Gasteiger partial charge in [-0.25, -0.2) is 4.79 Å². The van der Waals surface area contributed by atoms with E-state index in [1.54, 1.807) is 0 Å². The summed E-state index contributed by atoms with van der Waals surface area (Å²) in [6.07, 6.45) is 4.10. The van der Waals surface area contributed by atoms with Gasteiger partial charge in [-0.1, -0.05) is 37.1 Å². The first-order chi connectivity index (χ1) is 16.8. The van der Waals surface area contributed by atoms with Gasteiger partial charge in [-0.05, 0) is 42.7 Å². The fraction of sp³-hybridized carbons (Fsp3) is 0.370. The summed E-state index contributed by atoms with van der Waals surface area (Å²) in [6, 6.07) is 15.4. The van der Waals surface area contributed by atoms with Crippen LogP contribution in [0.25, 0.3) is 10.9 Å². The van der Waals surface area contributed by atoms with Gasteiger partial charge in [0.25, 0.3) is 5.91 Å². The highest BCUT2D eigenvalue weighted by Crippen LogP contribution is 2.38. The van der Waals surface area contributed by atoms with Gasteiger partial charge in [-0.15, -0.1) is 0 Å². The molecule has 1 atom stereocenters. The third-order valence-electron chi connectivity index (χ3n) is 7.13. The number of carbonyl (C=O) groups is 2. The van der Waals surface area contributed by atoms with Crippen LogP contribution >= 0.6 is 0 Å². The summed E-state index contributed by atoms with van der Waals surface area (Å²) in [5.74, 6) is -1.34. The van der Waals surface area contributed by atoms with Gasteiger partial charge in [-0.3, -0.25) is 10.2 Å². The molecule has 1 amide bonds. The van der Waals surface area contributed by atoms with Crippen LogP contribution < -0.4 is 11.1 Å². The summed E-state index contributed by atoms with van der Waals surface area (Å²) in [6.45, 7) is 0. The molecule has 0 spiro atoms. The summed E-state index contributed by atoms with van der Waals surface area (Å²) in [4.78, 5) is 26.2. The Labute approximate surface area is 204 Å². The molecule has 4 N–H and O–H groups in total. The normalized spacial score (nSPS) is 15.6. The number of amides is 1. The molecule has 1 aliphatic carbocycles. The predicted octanol–water partition coefficient (Wildman–Crippen LogP) is 3.74. The highest BCUT2D eigenvalue weighted by atomic mass is 16.6. The van der Waals surface area contributed by atoms with E-state index in [1.165, 1.54) is 14.2 Å². The zero-order chi connectivity index (χ0) is 25.2. The molecule has 3 aromatic rings. The maximum Gasteiger partial charge on any atom is 0.348 e. The Morgan fingerprint density at radius 3 is 2.40 bits per heavy atom. The molecule has 0 aliphatic heterocycles. The zero-order valence-electron chi connectivity index (χ0n) is 20.4. The van der Waals surface area contributed by atoms with Gasteiger partial charge in [0.1, 0.15) is 5.84 Å². The number of nitrogens with one attached hydrogen (secondary N) is 2. The van der Waals surface area contributed by atoms with E-state index in [0.29, 0.717) is 17.7 Å². The molecule has 1 unspecified atom stereocenters. The molecule has 0 saturated heterocycles. The zero-order valence-corrected chi connectivity index (χ0v) is 20.4. The van der Waals surface area contributed by atoms with Crippen molar-refractivity contribution in [2.24, 2.45) is 18.7 Å². The lowest BCUT2D eigenvalue weighted by Crippen LogP contribution is -2.56. The lowest BCUT2D eigenvalue weighted by Gasteiger charge is -2.33. The number of ether oxygens (including phenoxy) is 2. The Balaban J connectivity index is 1.59. The van der Waals surface area contributed by atoms with Crippen molar-refractivity contribution in [3.8, 4) is 0 Å². The van der Waals surface area contributed by atoms with E-state index in [-0.39, 0.29) is 11.8 Å². The SMILES string of the molecule is COC(=O)C(OC)(C(=O)Nc1ccc2c(c1)cc(Cc1ccc(C(=N)N)cc1)n2C)C1CCCC1. The van der Waals surface area contributed by atoms with Crippen molar-refractivity contribution >= 4 is 34.3 Å². The Morgan fingerprint density at radius 1 is 1.11 bits per heavy atom. The number of hydrogen-bond acceptors (Lipinski definition) is 5. The van der Waals surface area contributed by atoms with Crippen molar-refractivity contribution in [2.75, 3.05) is 19.5 Å². The second-order valence-electron chi connectivity index (χ2n) is 9.12. The largest absolute Gasteiger partial charge is 0.466 e. The number of amidine groups is 1. The van der Waals surface area contributed by atoms with Gasteiger partial charge in [-0.2, -0.15) is 0 Å². The Morgan fingerprint density at radius 2 is 1.80 bits per heavy atom. The number of hydrogen-bond donors (Lipinski definition) is 3. The number of methoxy groups -OCH3 is 2. The van der Waals surface area contributed by atoms with Gasteiger partial charge in [0.2, 0.25) is 5.60 Å². The van der Waals surface area contributed by atoms with Gasteiger partial charge in [0.15, 0.2) is 0 Å². The summed E-state index contributed by atoms with van der Waals surface area (Å²) in [5.41, 5.74) is 8.42. The van der Waals surface area contributed by atoms with Crippen molar-refractivity contribution in [1.29, 1.82) is 5.41 Å². The van der Waals surface area contributed by atoms with Crippen molar-refractivity contribution in [1.82, 2.24) is 4.57 Å². The highest BCUT2D eigenvalue weighted by molar-refractivity contribution is 6.12. The number of nitrogens with two attached hydrogens (primary N) is 1. The smallest absolute Gasteiger partial charge is 0.348 e. The average Bonchev–Trinajstić information content (AvgIpc) is 3.49. The number of esters is 1. The van der Waals surface area contributed by atoms with Crippen LogP contribution in [0.2, 0.25) is 0 Å². The summed E-state index contributed by atoms with van der Waals surface area (Å²) < 4.78 is 12.7. The Kier molecular flexibility index (Phi) is 6.93. The van der Waals surface area contributed by atoms with Gasteiger partial charge in [0.05, 0.1) is 7.11 Å². The molecule has 1 aromatic heterocycles. The molecule has 184 valence electrons. The number of rotatable bonds is 8. The van der Waals surface area contributed by atoms with E-state index in [0.717, 1.165) is 47.8 Å². The minimum Gasteiger partial charge on any atom is -0.466 e.